The number of amides is 1. The lowest BCUT2D eigenvalue weighted by atomic mass is 10.1. The quantitative estimate of drug-likeness (QED) is 0.825. The Balaban J connectivity index is 2.08. The first-order valence-corrected chi connectivity index (χ1v) is 8.18. The molecule has 0 aliphatic heterocycles. The number of methoxy groups -OCH3 is 2. The summed E-state index contributed by atoms with van der Waals surface area (Å²) in [5, 5.41) is 11.8. The largest absolute Gasteiger partial charge is 0.493 e. The molecule has 1 aromatic carbocycles. The van der Waals surface area contributed by atoms with Crippen LogP contribution in [-0.4, -0.2) is 35.9 Å². The molecular formula is C16H21N3O4S. The van der Waals surface area contributed by atoms with Crippen LogP contribution in [0.15, 0.2) is 24.3 Å². The second-order valence-electron chi connectivity index (χ2n) is 5.54. The van der Waals surface area contributed by atoms with Gasteiger partial charge in [0.25, 0.3) is 5.91 Å². The normalized spacial score (nSPS) is 12.5. The zero-order valence-corrected chi connectivity index (χ0v) is 15.1. The average molecular weight is 351 g/mol. The molecule has 1 aromatic heterocycles. The van der Waals surface area contributed by atoms with E-state index in [9.17, 15) is 4.79 Å². The summed E-state index contributed by atoms with van der Waals surface area (Å²) in [5.41, 5.74) is -1.12. The first kappa shape index (κ1) is 18.2. The Morgan fingerprint density at radius 1 is 1.21 bits per heavy atom. The SMILES string of the molecule is COc1ccccc1OC(C)(C)C(=O)Nc1nnc(C(C)OC)s1. The molecule has 0 spiro atoms. The summed E-state index contributed by atoms with van der Waals surface area (Å²) in [5.74, 6) is 0.720. The van der Waals surface area contributed by atoms with Crippen molar-refractivity contribution in [3.63, 3.8) is 0 Å². The number of para-hydroxylation sites is 2. The highest BCUT2D eigenvalue weighted by Gasteiger charge is 2.32. The lowest BCUT2D eigenvalue weighted by Gasteiger charge is -2.25. The molecule has 2 aromatic rings. The molecule has 24 heavy (non-hydrogen) atoms. The van der Waals surface area contributed by atoms with Gasteiger partial charge < -0.3 is 14.2 Å². The highest BCUT2D eigenvalue weighted by molar-refractivity contribution is 7.15. The molecular weight excluding hydrogens is 330 g/mol. The van der Waals surface area contributed by atoms with Crippen LogP contribution in [0.4, 0.5) is 5.13 Å². The molecule has 1 amide bonds. The standard InChI is InChI=1S/C16H21N3O4S/c1-10(21-4)13-18-19-15(24-13)17-14(20)16(2,3)23-12-9-7-6-8-11(12)22-5/h6-10H,1-5H3,(H,17,19,20). The Kier molecular flexibility index (Phi) is 5.74. The van der Waals surface area contributed by atoms with Gasteiger partial charge in [-0.25, -0.2) is 0 Å². The Morgan fingerprint density at radius 2 is 1.88 bits per heavy atom. The fourth-order valence-corrected chi connectivity index (χ4v) is 2.59. The predicted octanol–water partition coefficient (Wildman–Crippen LogP) is 3.05. The van der Waals surface area contributed by atoms with Gasteiger partial charge in [-0.3, -0.25) is 10.1 Å². The van der Waals surface area contributed by atoms with E-state index in [1.54, 1.807) is 40.2 Å². The number of benzene rings is 1. The summed E-state index contributed by atoms with van der Waals surface area (Å²) < 4.78 is 16.3. The van der Waals surface area contributed by atoms with Gasteiger partial charge in [-0.1, -0.05) is 23.5 Å². The molecule has 8 heteroatoms. The van der Waals surface area contributed by atoms with Crippen molar-refractivity contribution in [1.82, 2.24) is 10.2 Å². The van der Waals surface area contributed by atoms with E-state index >= 15 is 0 Å². The molecule has 0 saturated heterocycles. The molecule has 0 fully saturated rings. The summed E-state index contributed by atoms with van der Waals surface area (Å²) >= 11 is 1.26. The van der Waals surface area contributed by atoms with Crippen LogP contribution in [0, 0.1) is 0 Å². The summed E-state index contributed by atoms with van der Waals surface area (Å²) in [6.07, 6.45) is -0.175. The fourth-order valence-electron chi connectivity index (χ4n) is 1.82. The van der Waals surface area contributed by atoms with Crippen molar-refractivity contribution in [2.45, 2.75) is 32.5 Å². The van der Waals surface area contributed by atoms with Crippen molar-refractivity contribution in [3.05, 3.63) is 29.3 Å². The minimum atomic E-state index is -1.12. The molecule has 7 nitrogen and oxygen atoms in total. The topological polar surface area (TPSA) is 82.6 Å². The molecule has 1 unspecified atom stereocenters. The number of nitrogens with one attached hydrogen (secondary N) is 1. The van der Waals surface area contributed by atoms with E-state index in [-0.39, 0.29) is 12.0 Å². The van der Waals surface area contributed by atoms with E-state index in [0.29, 0.717) is 21.6 Å². The van der Waals surface area contributed by atoms with Crippen LogP contribution in [0.2, 0.25) is 0 Å². The number of carbonyl (C=O) groups is 1. The zero-order chi connectivity index (χ0) is 17.7. The van der Waals surface area contributed by atoms with Crippen molar-refractivity contribution >= 4 is 22.4 Å². The summed E-state index contributed by atoms with van der Waals surface area (Å²) in [6.45, 7) is 5.21. The maximum absolute atomic E-state index is 12.5. The third kappa shape index (κ3) is 4.21. The minimum Gasteiger partial charge on any atom is -0.493 e. The monoisotopic (exact) mass is 351 g/mol. The average Bonchev–Trinajstić information content (AvgIpc) is 3.02. The van der Waals surface area contributed by atoms with Crippen molar-refractivity contribution in [3.8, 4) is 11.5 Å². The number of hydrogen-bond donors (Lipinski definition) is 1. The van der Waals surface area contributed by atoms with Gasteiger partial charge >= 0.3 is 0 Å². The number of anilines is 1. The lowest BCUT2D eigenvalue weighted by molar-refractivity contribution is -0.128. The maximum atomic E-state index is 12.5. The number of hydrogen-bond acceptors (Lipinski definition) is 7. The van der Waals surface area contributed by atoms with Crippen molar-refractivity contribution in [2.75, 3.05) is 19.5 Å². The van der Waals surface area contributed by atoms with Crippen LogP contribution in [0.25, 0.3) is 0 Å². The molecule has 1 atom stereocenters. The van der Waals surface area contributed by atoms with E-state index in [4.69, 9.17) is 14.2 Å². The number of carbonyl (C=O) groups excluding carboxylic acids is 1. The van der Waals surface area contributed by atoms with Gasteiger partial charge in [0.15, 0.2) is 17.1 Å². The lowest BCUT2D eigenvalue weighted by Crippen LogP contribution is -2.42. The number of aromatic nitrogens is 2. The van der Waals surface area contributed by atoms with Crippen LogP contribution < -0.4 is 14.8 Å². The molecule has 130 valence electrons. The Bertz CT molecular complexity index is 702. The molecule has 0 aliphatic carbocycles. The fraction of sp³-hybridized carbons (Fsp3) is 0.438. The van der Waals surface area contributed by atoms with E-state index in [2.05, 4.69) is 15.5 Å². The molecule has 0 aliphatic rings. The van der Waals surface area contributed by atoms with Gasteiger partial charge in [-0.05, 0) is 32.9 Å². The van der Waals surface area contributed by atoms with Crippen molar-refractivity contribution in [1.29, 1.82) is 0 Å². The van der Waals surface area contributed by atoms with E-state index in [1.165, 1.54) is 11.3 Å². The van der Waals surface area contributed by atoms with Gasteiger partial charge in [-0.15, -0.1) is 10.2 Å². The molecule has 1 N–H and O–H groups in total. The van der Waals surface area contributed by atoms with Crippen LogP contribution in [0.1, 0.15) is 31.9 Å². The summed E-state index contributed by atoms with van der Waals surface area (Å²) in [7, 11) is 3.14. The van der Waals surface area contributed by atoms with Crippen LogP contribution in [0.3, 0.4) is 0 Å². The first-order chi connectivity index (χ1) is 11.4. The van der Waals surface area contributed by atoms with Crippen LogP contribution in [-0.2, 0) is 9.53 Å². The van der Waals surface area contributed by atoms with Crippen LogP contribution in [0.5, 0.6) is 11.5 Å². The molecule has 0 bridgehead atoms. The van der Waals surface area contributed by atoms with Crippen molar-refractivity contribution < 1.29 is 19.0 Å². The van der Waals surface area contributed by atoms with E-state index in [0.717, 1.165) is 0 Å². The van der Waals surface area contributed by atoms with Crippen molar-refractivity contribution in [2.24, 2.45) is 0 Å². The van der Waals surface area contributed by atoms with Gasteiger partial charge in [0.1, 0.15) is 11.1 Å². The third-order valence-corrected chi connectivity index (χ3v) is 4.34. The number of rotatable bonds is 7. The minimum absolute atomic E-state index is 0.175. The highest BCUT2D eigenvalue weighted by Crippen LogP contribution is 2.30. The summed E-state index contributed by atoms with van der Waals surface area (Å²) in [6, 6.07) is 7.16. The highest BCUT2D eigenvalue weighted by atomic mass is 32.1. The zero-order valence-electron chi connectivity index (χ0n) is 14.3. The molecule has 1 heterocycles. The second-order valence-corrected chi connectivity index (χ2v) is 6.55. The maximum Gasteiger partial charge on any atom is 0.269 e. The Morgan fingerprint density at radius 3 is 2.50 bits per heavy atom. The molecule has 0 radical (unpaired) electrons. The van der Waals surface area contributed by atoms with Gasteiger partial charge in [0.2, 0.25) is 5.13 Å². The van der Waals surface area contributed by atoms with Crippen LogP contribution >= 0.6 is 11.3 Å². The van der Waals surface area contributed by atoms with Gasteiger partial charge in [0.05, 0.1) is 7.11 Å². The first-order valence-electron chi connectivity index (χ1n) is 7.37. The smallest absolute Gasteiger partial charge is 0.269 e. The predicted molar refractivity (Wildman–Crippen MR) is 91.7 cm³/mol. The second kappa shape index (κ2) is 7.59. The third-order valence-electron chi connectivity index (χ3n) is 3.34. The Hall–Kier alpha value is -2.19. The van der Waals surface area contributed by atoms with E-state index in [1.807, 2.05) is 19.1 Å². The number of ether oxygens (including phenoxy) is 3. The Labute approximate surface area is 145 Å². The van der Waals surface area contributed by atoms with E-state index < -0.39 is 5.60 Å². The molecule has 0 saturated carbocycles. The summed E-state index contributed by atoms with van der Waals surface area (Å²) in [4.78, 5) is 12.5. The van der Waals surface area contributed by atoms with Gasteiger partial charge in [-0.2, -0.15) is 0 Å². The number of nitrogens with zero attached hydrogens (tertiary/aromatic N) is 2. The van der Waals surface area contributed by atoms with Gasteiger partial charge in [0, 0.05) is 7.11 Å². The molecule has 2 rings (SSSR count).